The van der Waals surface area contributed by atoms with Crippen molar-refractivity contribution in [2.75, 3.05) is 0 Å². The van der Waals surface area contributed by atoms with Gasteiger partial charge in [0, 0.05) is 11.1 Å². The predicted molar refractivity (Wildman–Crippen MR) is 59.3 cm³/mol. The van der Waals surface area contributed by atoms with Gasteiger partial charge in [-0.05, 0) is 28.1 Å². The molecular weight excluding hydrogens is 264 g/mol. The molecule has 0 aliphatic carbocycles. The Morgan fingerprint density at radius 2 is 2.36 bits per heavy atom. The van der Waals surface area contributed by atoms with E-state index in [1.54, 1.807) is 17.7 Å². The smallest absolute Gasteiger partial charge is 0.0953 e. The minimum Gasteiger partial charge on any atom is -0.390 e. The zero-order valence-corrected chi connectivity index (χ0v) is 9.75. The first-order valence-electron chi connectivity index (χ1n) is 4.13. The van der Waals surface area contributed by atoms with E-state index in [1.807, 2.05) is 16.8 Å². The first-order chi connectivity index (χ1) is 6.78. The Morgan fingerprint density at radius 1 is 1.50 bits per heavy atom. The number of rotatable bonds is 3. The summed E-state index contributed by atoms with van der Waals surface area (Å²) in [4.78, 5) is 5.31. The molecule has 0 radical (unpaired) electrons. The number of nitrogens with zero attached hydrogens (tertiary/aromatic N) is 2. The molecule has 0 saturated heterocycles. The standard InChI is InChI=1S/C9H9BrN2OS/c10-9-2-1-8(14-9)4-12-3-7(5-13)11-6-12/h1-3,6,13H,4-5H2. The fourth-order valence-corrected chi connectivity index (χ4v) is 2.68. The fraction of sp³-hybridized carbons (Fsp3) is 0.222. The van der Waals surface area contributed by atoms with Gasteiger partial charge in [-0.1, -0.05) is 0 Å². The van der Waals surface area contributed by atoms with Gasteiger partial charge >= 0.3 is 0 Å². The van der Waals surface area contributed by atoms with Gasteiger partial charge in [0.25, 0.3) is 0 Å². The second kappa shape index (κ2) is 4.25. The molecule has 1 N–H and O–H groups in total. The molecule has 5 heteroatoms. The Hall–Kier alpha value is -0.650. The molecule has 0 saturated carbocycles. The highest BCUT2D eigenvalue weighted by Crippen LogP contribution is 2.22. The van der Waals surface area contributed by atoms with E-state index in [0.717, 1.165) is 10.3 Å². The van der Waals surface area contributed by atoms with Crippen LogP contribution in [0.2, 0.25) is 0 Å². The monoisotopic (exact) mass is 272 g/mol. The molecule has 74 valence electrons. The summed E-state index contributed by atoms with van der Waals surface area (Å²) in [7, 11) is 0. The maximum atomic E-state index is 8.84. The number of thiophene rings is 1. The highest BCUT2D eigenvalue weighted by molar-refractivity contribution is 9.11. The van der Waals surface area contributed by atoms with Crippen LogP contribution in [0, 0.1) is 0 Å². The van der Waals surface area contributed by atoms with Crippen molar-refractivity contribution in [1.29, 1.82) is 0 Å². The van der Waals surface area contributed by atoms with Crippen molar-refractivity contribution in [2.45, 2.75) is 13.2 Å². The molecule has 0 unspecified atom stereocenters. The van der Waals surface area contributed by atoms with Crippen molar-refractivity contribution in [3.8, 4) is 0 Å². The van der Waals surface area contributed by atoms with Crippen molar-refractivity contribution in [2.24, 2.45) is 0 Å². The topological polar surface area (TPSA) is 38.0 Å². The molecule has 0 fully saturated rings. The van der Waals surface area contributed by atoms with Crippen LogP contribution in [0.3, 0.4) is 0 Å². The maximum Gasteiger partial charge on any atom is 0.0953 e. The number of aromatic nitrogens is 2. The van der Waals surface area contributed by atoms with Crippen LogP contribution in [0.4, 0.5) is 0 Å². The van der Waals surface area contributed by atoms with Gasteiger partial charge in [-0.15, -0.1) is 11.3 Å². The van der Waals surface area contributed by atoms with Gasteiger partial charge in [-0.25, -0.2) is 4.98 Å². The van der Waals surface area contributed by atoms with Crippen LogP contribution in [0.5, 0.6) is 0 Å². The van der Waals surface area contributed by atoms with Crippen molar-refractivity contribution < 1.29 is 5.11 Å². The van der Waals surface area contributed by atoms with Crippen LogP contribution in [0.15, 0.2) is 28.4 Å². The van der Waals surface area contributed by atoms with Gasteiger partial charge in [0.15, 0.2) is 0 Å². The third kappa shape index (κ3) is 2.23. The second-order valence-electron chi connectivity index (χ2n) is 2.90. The minimum atomic E-state index is 0.00113. The second-order valence-corrected chi connectivity index (χ2v) is 5.45. The molecule has 2 aromatic heterocycles. The zero-order valence-electron chi connectivity index (χ0n) is 7.35. The van der Waals surface area contributed by atoms with E-state index in [1.165, 1.54) is 4.88 Å². The molecule has 0 aromatic carbocycles. The Bertz CT molecular complexity index is 424. The number of aliphatic hydroxyl groups excluding tert-OH is 1. The third-order valence-electron chi connectivity index (χ3n) is 1.82. The van der Waals surface area contributed by atoms with Crippen LogP contribution in [0.1, 0.15) is 10.6 Å². The summed E-state index contributed by atoms with van der Waals surface area (Å²) in [6.07, 6.45) is 3.59. The van der Waals surface area contributed by atoms with E-state index in [2.05, 4.69) is 27.0 Å². The molecule has 2 heterocycles. The lowest BCUT2D eigenvalue weighted by Gasteiger charge is -1.96. The van der Waals surface area contributed by atoms with Crippen LogP contribution in [0.25, 0.3) is 0 Å². The summed E-state index contributed by atoms with van der Waals surface area (Å²) in [6.45, 7) is 0.810. The average molecular weight is 273 g/mol. The van der Waals surface area contributed by atoms with Gasteiger partial charge in [0.1, 0.15) is 0 Å². The van der Waals surface area contributed by atoms with Crippen LogP contribution < -0.4 is 0 Å². The number of hydrogen-bond acceptors (Lipinski definition) is 3. The first kappa shape index (κ1) is 9.89. The van der Waals surface area contributed by atoms with E-state index in [-0.39, 0.29) is 6.61 Å². The maximum absolute atomic E-state index is 8.84. The van der Waals surface area contributed by atoms with E-state index in [9.17, 15) is 0 Å². The quantitative estimate of drug-likeness (QED) is 0.931. The van der Waals surface area contributed by atoms with E-state index in [0.29, 0.717) is 5.69 Å². The molecule has 2 rings (SSSR count). The number of imidazole rings is 1. The Labute approximate surface area is 94.2 Å². The Kier molecular flexibility index (Phi) is 3.00. The molecule has 2 aromatic rings. The molecule has 3 nitrogen and oxygen atoms in total. The third-order valence-corrected chi connectivity index (χ3v) is 3.42. The summed E-state index contributed by atoms with van der Waals surface area (Å²) in [6, 6.07) is 4.11. The molecule has 0 spiro atoms. The van der Waals surface area contributed by atoms with Crippen LogP contribution >= 0.6 is 27.3 Å². The molecule has 0 bridgehead atoms. The molecule has 14 heavy (non-hydrogen) atoms. The number of hydrogen-bond donors (Lipinski definition) is 1. The lowest BCUT2D eigenvalue weighted by Crippen LogP contribution is -1.93. The summed E-state index contributed by atoms with van der Waals surface area (Å²) in [5, 5.41) is 8.84. The van der Waals surface area contributed by atoms with Crippen molar-refractivity contribution in [3.63, 3.8) is 0 Å². The summed E-state index contributed by atoms with van der Waals surface area (Å²) in [5.74, 6) is 0. The molecule has 0 amide bonds. The summed E-state index contributed by atoms with van der Waals surface area (Å²) < 4.78 is 3.10. The average Bonchev–Trinajstić information content (AvgIpc) is 2.76. The van der Waals surface area contributed by atoms with Gasteiger partial charge in [0.2, 0.25) is 0 Å². The minimum absolute atomic E-state index is 0.00113. The Morgan fingerprint density at radius 3 is 2.93 bits per heavy atom. The highest BCUT2D eigenvalue weighted by atomic mass is 79.9. The van der Waals surface area contributed by atoms with Gasteiger partial charge in [0.05, 0.1) is 29.0 Å². The molecule has 0 aliphatic rings. The SMILES string of the molecule is OCc1cn(Cc2ccc(Br)s2)cn1. The van der Waals surface area contributed by atoms with Crippen molar-refractivity contribution >= 4 is 27.3 Å². The molecular formula is C9H9BrN2OS. The van der Waals surface area contributed by atoms with Crippen molar-refractivity contribution in [1.82, 2.24) is 9.55 Å². The van der Waals surface area contributed by atoms with Crippen LogP contribution in [-0.2, 0) is 13.2 Å². The van der Waals surface area contributed by atoms with Gasteiger partial charge < -0.3 is 9.67 Å². The summed E-state index contributed by atoms with van der Waals surface area (Å²) in [5.41, 5.74) is 0.709. The van der Waals surface area contributed by atoms with E-state index < -0.39 is 0 Å². The lowest BCUT2D eigenvalue weighted by molar-refractivity contribution is 0.277. The zero-order chi connectivity index (χ0) is 9.97. The highest BCUT2D eigenvalue weighted by Gasteiger charge is 2.00. The fourth-order valence-electron chi connectivity index (χ4n) is 1.19. The van der Waals surface area contributed by atoms with Crippen LogP contribution in [-0.4, -0.2) is 14.7 Å². The predicted octanol–water partition coefficient (Wildman–Crippen LogP) is 2.25. The number of aliphatic hydroxyl groups is 1. The normalized spacial score (nSPS) is 10.7. The molecule has 0 aliphatic heterocycles. The first-order valence-corrected chi connectivity index (χ1v) is 5.74. The summed E-state index contributed by atoms with van der Waals surface area (Å²) >= 11 is 5.12. The Balaban J connectivity index is 2.10. The largest absolute Gasteiger partial charge is 0.390 e. The van der Waals surface area contributed by atoms with E-state index >= 15 is 0 Å². The molecule has 0 atom stereocenters. The van der Waals surface area contributed by atoms with E-state index in [4.69, 9.17) is 5.11 Å². The van der Waals surface area contributed by atoms with Crippen molar-refractivity contribution in [3.05, 3.63) is 39.0 Å². The number of halogens is 1. The van der Waals surface area contributed by atoms with Gasteiger partial charge in [-0.3, -0.25) is 0 Å². The van der Waals surface area contributed by atoms with Gasteiger partial charge in [-0.2, -0.15) is 0 Å². The lowest BCUT2D eigenvalue weighted by atomic mass is 10.4.